The van der Waals surface area contributed by atoms with Crippen LogP contribution in [0.4, 0.5) is 11.4 Å². The number of amides is 2. The van der Waals surface area contributed by atoms with Crippen molar-refractivity contribution in [3.63, 3.8) is 0 Å². The number of carbonyl (C=O) groups is 2. The average Bonchev–Trinajstić information content (AvgIpc) is 2.83. The predicted octanol–water partition coefficient (Wildman–Crippen LogP) is 5.06. The number of carbonyl (C=O) groups excluding carboxylic acids is 2. The van der Waals surface area contributed by atoms with E-state index in [1.807, 2.05) is 18.2 Å². The molecule has 0 aliphatic carbocycles. The fourth-order valence-electron chi connectivity index (χ4n) is 2.99. The first-order chi connectivity index (χ1) is 15.5. The van der Waals surface area contributed by atoms with Crippen molar-refractivity contribution in [3.05, 3.63) is 95.1 Å². The van der Waals surface area contributed by atoms with Crippen LogP contribution in [0.5, 0.6) is 5.75 Å². The van der Waals surface area contributed by atoms with Crippen molar-refractivity contribution in [3.8, 4) is 11.8 Å². The highest BCUT2D eigenvalue weighted by Crippen LogP contribution is 2.18. The molecule has 6 heteroatoms. The summed E-state index contributed by atoms with van der Waals surface area (Å²) in [4.78, 5) is 25.0. The molecule has 0 unspecified atom stereocenters. The molecule has 0 fully saturated rings. The van der Waals surface area contributed by atoms with Crippen LogP contribution in [0.1, 0.15) is 28.4 Å². The minimum atomic E-state index is -0.496. The summed E-state index contributed by atoms with van der Waals surface area (Å²) in [6.07, 6.45) is 2.39. The van der Waals surface area contributed by atoms with E-state index in [1.54, 1.807) is 67.8 Å². The Bertz CT molecular complexity index is 1170. The molecular formula is C26H23N3O3. The summed E-state index contributed by atoms with van der Waals surface area (Å²) < 4.78 is 5.10. The Morgan fingerprint density at radius 3 is 2.31 bits per heavy atom. The van der Waals surface area contributed by atoms with Crippen molar-refractivity contribution in [1.82, 2.24) is 0 Å². The predicted molar refractivity (Wildman–Crippen MR) is 125 cm³/mol. The molecule has 0 radical (unpaired) electrons. The zero-order valence-corrected chi connectivity index (χ0v) is 17.9. The molecule has 0 aliphatic heterocycles. The summed E-state index contributed by atoms with van der Waals surface area (Å²) in [6, 6.07) is 23.1. The van der Waals surface area contributed by atoms with Gasteiger partial charge < -0.3 is 15.4 Å². The number of nitrogens with one attached hydrogen (secondary N) is 2. The summed E-state index contributed by atoms with van der Waals surface area (Å²) in [5.41, 5.74) is 3.39. The second-order valence-electron chi connectivity index (χ2n) is 6.98. The van der Waals surface area contributed by atoms with E-state index in [9.17, 15) is 14.9 Å². The van der Waals surface area contributed by atoms with Crippen molar-refractivity contribution in [1.29, 1.82) is 5.26 Å². The van der Waals surface area contributed by atoms with Crippen LogP contribution in [0.3, 0.4) is 0 Å². The van der Waals surface area contributed by atoms with E-state index < -0.39 is 5.91 Å². The number of methoxy groups -OCH3 is 1. The molecule has 160 valence electrons. The minimum absolute atomic E-state index is 0.0387. The van der Waals surface area contributed by atoms with Gasteiger partial charge in [-0.05, 0) is 72.2 Å². The summed E-state index contributed by atoms with van der Waals surface area (Å²) in [5, 5.41) is 15.0. The average molecular weight is 425 g/mol. The Morgan fingerprint density at radius 1 is 0.969 bits per heavy atom. The lowest BCUT2D eigenvalue weighted by atomic mass is 10.1. The number of rotatable bonds is 7. The van der Waals surface area contributed by atoms with Gasteiger partial charge in [0.1, 0.15) is 17.4 Å². The lowest BCUT2D eigenvalue weighted by Crippen LogP contribution is -2.13. The Labute approximate surface area is 187 Å². The monoisotopic (exact) mass is 425 g/mol. The molecule has 0 heterocycles. The van der Waals surface area contributed by atoms with E-state index in [0.29, 0.717) is 28.3 Å². The van der Waals surface area contributed by atoms with Crippen molar-refractivity contribution < 1.29 is 14.3 Å². The smallest absolute Gasteiger partial charge is 0.266 e. The number of anilines is 2. The van der Waals surface area contributed by atoms with Gasteiger partial charge in [-0.1, -0.05) is 31.2 Å². The maximum atomic E-state index is 12.5. The maximum absolute atomic E-state index is 12.5. The van der Waals surface area contributed by atoms with Crippen molar-refractivity contribution >= 4 is 29.3 Å². The normalized spacial score (nSPS) is 10.7. The van der Waals surface area contributed by atoms with E-state index in [1.165, 1.54) is 6.08 Å². The quantitative estimate of drug-likeness (QED) is 0.409. The fraction of sp³-hybridized carbons (Fsp3) is 0.115. The molecule has 0 saturated heterocycles. The van der Waals surface area contributed by atoms with Crippen LogP contribution in [0, 0.1) is 11.3 Å². The summed E-state index contributed by atoms with van der Waals surface area (Å²) in [7, 11) is 1.56. The molecule has 2 N–H and O–H groups in total. The first-order valence-corrected chi connectivity index (χ1v) is 10.1. The molecule has 2 amide bonds. The highest BCUT2D eigenvalue weighted by molar-refractivity contribution is 6.10. The maximum Gasteiger partial charge on any atom is 0.266 e. The standard InChI is InChI=1S/C26H23N3O3/c1-3-18-7-11-22(12-8-18)28-26(31)21(17-27)15-19-5-4-6-23(16-19)29-25(30)20-9-13-24(32-2)14-10-20/h4-16H,3H2,1-2H3,(H,28,31)(H,29,30)/b21-15+. The Hall–Kier alpha value is -4.37. The number of nitriles is 1. The third-order valence-corrected chi connectivity index (χ3v) is 4.79. The van der Waals surface area contributed by atoms with Gasteiger partial charge in [0, 0.05) is 16.9 Å². The molecule has 3 aromatic carbocycles. The number of aryl methyl sites for hydroxylation is 1. The van der Waals surface area contributed by atoms with Crippen molar-refractivity contribution in [2.75, 3.05) is 17.7 Å². The van der Waals surface area contributed by atoms with Gasteiger partial charge in [-0.15, -0.1) is 0 Å². The molecular weight excluding hydrogens is 402 g/mol. The largest absolute Gasteiger partial charge is 0.497 e. The lowest BCUT2D eigenvalue weighted by Gasteiger charge is -2.08. The fourth-order valence-corrected chi connectivity index (χ4v) is 2.99. The third kappa shape index (κ3) is 5.83. The van der Waals surface area contributed by atoms with Gasteiger partial charge in [0.05, 0.1) is 7.11 Å². The van der Waals surface area contributed by atoms with E-state index in [0.717, 1.165) is 12.0 Å². The first kappa shape index (κ1) is 22.3. The highest BCUT2D eigenvalue weighted by atomic mass is 16.5. The molecule has 32 heavy (non-hydrogen) atoms. The number of nitrogens with zero attached hydrogens (tertiary/aromatic N) is 1. The van der Waals surface area contributed by atoms with E-state index in [-0.39, 0.29) is 11.5 Å². The van der Waals surface area contributed by atoms with Crippen molar-refractivity contribution in [2.45, 2.75) is 13.3 Å². The number of hydrogen-bond acceptors (Lipinski definition) is 4. The molecule has 3 aromatic rings. The van der Waals surface area contributed by atoms with Gasteiger partial charge >= 0.3 is 0 Å². The second-order valence-corrected chi connectivity index (χ2v) is 6.98. The van der Waals surface area contributed by atoms with Crippen LogP contribution >= 0.6 is 0 Å². The SMILES string of the molecule is CCc1ccc(NC(=O)/C(C#N)=C/c2cccc(NC(=O)c3ccc(OC)cc3)c2)cc1. The zero-order chi connectivity index (χ0) is 22.9. The first-order valence-electron chi connectivity index (χ1n) is 10.1. The summed E-state index contributed by atoms with van der Waals surface area (Å²) in [5.74, 6) is -0.107. The molecule has 0 saturated carbocycles. The van der Waals surface area contributed by atoms with Crippen LogP contribution in [0.25, 0.3) is 6.08 Å². The van der Waals surface area contributed by atoms with Gasteiger partial charge in [0.25, 0.3) is 11.8 Å². The Kier molecular flexibility index (Phi) is 7.39. The molecule has 0 aliphatic rings. The van der Waals surface area contributed by atoms with Crippen LogP contribution in [0.15, 0.2) is 78.4 Å². The Morgan fingerprint density at radius 2 is 1.69 bits per heavy atom. The third-order valence-electron chi connectivity index (χ3n) is 4.79. The van der Waals surface area contributed by atoms with Gasteiger partial charge in [-0.25, -0.2) is 0 Å². The Balaban J connectivity index is 1.72. The lowest BCUT2D eigenvalue weighted by molar-refractivity contribution is -0.112. The molecule has 0 atom stereocenters. The van der Waals surface area contributed by atoms with Gasteiger partial charge in [-0.2, -0.15) is 5.26 Å². The second kappa shape index (κ2) is 10.6. The van der Waals surface area contributed by atoms with Crippen LogP contribution in [0.2, 0.25) is 0 Å². The number of benzene rings is 3. The molecule has 3 rings (SSSR count). The van der Waals surface area contributed by atoms with Gasteiger partial charge in [0.2, 0.25) is 0 Å². The van der Waals surface area contributed by atoms with Gasteiger partial charge in [0.15, 0.2) is 0 Å². The summed E-state index contributed by atoms with van der Waals surface area (Å²) in [6.45, 7) is 2.05. The molecule has 0 bridgehead atoms. The highest BCUT2D eigenvalue weighted by Gasteiger charge is 2.11. The topological polar surface area (TPSA) is 91.2 Å². The van der Waals surface area contributed by atoms with E-state index >= 15 is 0 Å². The number of ether oxygens (including phenoxy) is 1. The molecule has 6 nitrogen and oxygen atoms in total. The zero-order valence-electron chi connectivity index (χ0n) is 17.9. The molecule has 0 spiro atoms. The van der Waals surface area contributed by atoms with Crippen LogP contribution in [-0.2, 0) is 11.2 Å². The van der Waals surface area contributed by atoms with Crippen LogP contribution < -0.4 is 15.4 Å². The van der Waals surface area contributed by atoms with Gasteiger partial charge in [-0.3, -0.25) is 9.59 Å². The summed E-state index contributed by atoms with van der Waals surface area (Å²) >= 11 is 0. The van der Waals surface area contributed by atoms with E-state index in [2.05, 4.69) is 17.6 Å². The van der Waals surface area contributed by atoms with E-state index in [4.69, 9.17) is 4.74 Å². The molecule has 0 aromatic heterocycles. The number of hydrogen-bond donors (Lipinski definition) is 2. The minimum Gasteiger partial charge on any atom is -0.497 e. The van der Waals surface area contributed by atoms with Crippen molar-refractivity contribution in [2.24, 2.45) is 0 Å². The van der Waals surface area contributed by atoms with Crippen LogP contribution in [-0.4, -0.2) is 18.9 Å².